The molecular weight excluding hydrogens is 516 g/mol. The number of aliphatic carboxylic acids is 1. The Hall–Kier alpha value is -4.46. The quantitative estimate of drug-likeness (QED) is 0.321. The molecule has 2 N–H and O–H groups in total. The predicted molar refractivity (Wildman–Crippen MR) is 136 cm³/mol. The van der Waals surface area contributed by atoms with E-state index in [-0.39, 0.29) is 23.8 Å². The lowest BCUT2D eigenvalue weighted by Gasteiger charge is -2.24. The highest BCUT2D eigenvalue weighted by Crippen LogP contribution is 2.39. The van der Waals surface area contributed by atoms with E-state index < -0.39 is 11.9 Å². The van der Waals surface area contributed by atoms with Gasteiger partial charge in [0.1, 0.15) is 28.3 Å². The Morgan fingerprint density at radius 3 is 2.59 bits per heavy atom. The fourth-order valence-electron chi connectivity index (χ4n) is 3.80. The van der Waals surface area contributed by atoms with Gasteiger partial charge in [0.15, 0.2) is 0 Å². The summed E-state index contributed by atoms with van der Waals surface area (Å²) in [6.07, 6.45) is 0.330. The fraction of sp³-hybridized carbons (Fsp3) is 0.115. The van der Waals surface area contributed by atoms with Crippen LogP contribution in [0.15, 0.2) is 60.7 Å². The number of hydrogen-bond acceptors (Lipinski definition) is 8. The smallest absolute Gasteiger partial charge is 0.311 e. The number of nitrogens with one attached hydrogen (secondary N) is 1. The third-order valence-electron chi connectivity index (χ3n) is 5.65. The zero-order valence-electron chi connectivity index (χ0n) is 19.0. The maximum atomic E-state index is 12.7. The number of amides is 1. The molecule has 0 bridgehead atoms. The molecule has 0 fully saturated rings. The third-order valence-corrected chi connectivity index (χ3v) is 6.79. The molecule has 1 aromatic heterocycles. The zero-order valence-corrected chi connectivity index (χ0v) is 20.5. The number of aromatic nitrogens is 2. The SMILES string of the molecule is N#Cc1cc2c(cc1Oc1ccc(C(=O)Nc3nnc(-c4ccc(Cl)cc4)s3)cc1)OCCC2C(=O)O. The van der Waals surface area contributed by atoms with E-state index in [9.17, 15) is 20.0 Å². The van der Waals surface area contributed by atoms with Gasteiger partial charge in [0.05, 0.1) is 18.1 Å². The van der Waals surface area contributed by atoms with Crippen LogP contribution in [-0.4, -0.2) is 33.8 Å². The van der Waals surface area contributed by atoms with Gasteiger partial charge in [0.2, 0.25) is 5.13 Å². The molecular formula is C26H17ClN4O5S. The zero-order chi connectivity index (χ0) is 25.9. The summed E-state index contributed by atoms with van der Waals surface area (Å²) in [7, 11) is 0. The molecule has 1 aliphatic rings. The summed E-state index contributed by atoms with van der Waals surface area (Å²) in [6, 6.07) is 18.6. The highest BCUT2D eigenvalue weighted by Gasteiger charge is 2.29. The van der Waals surface area contributed by atoms with Crippen LogP contribution in [0.2, 0.25) is 5.02 Å². The minimum absolute atomic E-state index is 0.185. The number of ether oxygens (including phenoxy) is 2. The average molecular weight is 533 g/mol. The largest absolute Gasteiger partial charge is 0.493 e. The van der Waals surface area contributed by atoms with Crippen molar-refractivity contribution in [2.45, 2.75) is 12.3 Å². The number of carboxylic acid groups (broad SMARTS) is 1. The normalized spacial score (nSPS) is 14.1. The van der Waals surface area contributed by atoms with Gasteiger partial charge in [-0.3, -0.25) is 14.9 Å². The highest BCUT2D eigenvalue weighted by molar-refractivity contribution is 7.18. The predicted octanol–water partition coefficient (Wildman–Crippen LogP) is 5.73. The van der Waals surface area contributed by atoms with Crippen molar-refractivity contribution in [3.63, 3.8) is 0 Å². The van der Waals surface area contributed by atoms with Gasteiger partial charge in [-0.1, -0.05) is 35.1 Å². The van der Waals surface area contributed by atoms with Crippen molar-refractivity contribution in [1.82, 2.24) is 10.2 Å². The summed E-state index contributed by atoms with van der Waals surface area (Å²) in [5, 5.41) is 31.5. The van der Waals surface area contributed by atoms with Crippen LogP contribution in [-0.2, 0) is 4.79 Å². The molecule has 5 rings (SSSR count). The molecule has 2 heterocycles. The Labute approximate surface area is 219 Å². The van der Waals surface area contributed by atoms with Gasteiger partial charge in [-0.15, -0.1) is 10.2 Å². The number of nitrogens with zero attached hydrogens (tertiary/aromatic N) is 3. The molecule has 0 radical (unpaired) electrons. The van der Waals surface area contributed by atoms with E-state index in [2.05, 4.69) is 15.5 Å². The number of carbonyl (C=O) groups is 2. The van der Waals surface area contributed by atoms with Crippen molar-refractivity contribution >= 4 is 39.9 Å². The molecule has 1 atom stereocenters. The number of anilines is 1. The number of fused-ring (bicyclic) bond motifs is 1. The first-order valence-corrected chi connectivity index (χ1v) is 12.2. The van der Waals surface area contributed by atoms with Crippen LogP contribution in [0.5, 0.6) is 17.2 Å². The molecule has 1 unspecified atom stereocenters. The summed E-state index contributed by atoms with van der Waals surface area (Å²) in [5.41, 5.74) is 1.84. The third kappa shape index (κ3) is 5.23. The first-order chi connectivity index (χ1) is 17.9. The molecule has 1 aliphatic heterocycles. The molecule has 0 saturated heterocycles. The maximum absolute atomic E-state index is 12.7. The number of nitriles is 1. The van der Waals surface area contributed by atoms with Crippen molar-refractivity contribution in [2.24, 2.45) is 0 Å². The molecule has 1 amide bonds. The Morgan fingerprint density at radius 2 is 1.89 bits per heavy atom. The van der Waals surface area contributed by atoms with E-state index in [0.29, 0.717) is 44.2 Å². The van der Waals surface area contributed by atoms with Crippen LogP contribution in [0.1, 0.15) is 33.8 Å². The minimum Gasteiger partial charge on any atom is -0.493 e. The standard InChI is InChI=1S/C26H17ClN4O5S/c27-17-5-1-15(2-6-17)24-30-31-26(37-24)29-23(32)14-3-7-18(8-4-14)36-21-12-22-20(11-16(21)13-28)19(25(33)34)9-10-35-22/h1-8,11-12,19H,9-10H2,(H,33,34)(H,29,31,32). The van der Waals surface area contributed by atoms with Crippen LogP contribution in [0.4, 0.5) is 5.13 Å². The molecule has 11 heteroatoms. The molecule has 3 aromatic carbocycles. The summed E-state index contributed by atoms with van der Waals surface area (Å²) < 4.78 is 11.5. The Morgan fingerprint density at radius 1 is 1.14 bits per heavy atom. The average Bonchev–Trinajstić information content (AvgIpc) is 3.37. The molecule has 0 spiro atoms. The monoisotopic (exact) mass is 532 g/mol. The van der Waals surface area contributed by atoms with E-state index in [1.807, 2.05) is 18.2 Å². The number of hydrogen-bond donors (Lipinski definition) is 2. The van der Waals surface area contributed by atoms with Gasteiger partial charge in [-0.25, -0.2) is 0 Å². The summed E-state index contributed by atoms with van der Waals surface area (Å²) in [5.74, 6) is -1.08. The molecule has 0 saturated carbocycles. The van der Waals surface area contributed by atoms with Crippen LogP contribution >= 0.6 is 22.9 Å². The first kappa shape index (κ1) is 24.2. The van der Waals surface area contributed by atoms with Gasteiger partial charge in [-0.05, 0) is 48.9 Å². The fourth-order valence-corrected chi connectivity index (χ4v) is 4.67. The van der Waals surface area contributed by atoms with E-state index in [4.69, 9.17) is 21.1 Å². The van der Waals surface area contributed by atoms with Crippen molar-refractivity contribution in [1.29, 1.82) is 5.26 Å². The maximum Gasteiger partial charge on any atom is 0.311 e. The second-order valence-corrected chi connectivity index (χ2v) is 9.44. The number of carbonyl (C=O) groups excluding carboxylic acids is 1. The van der Waals surface area contributed by atoms with E-state index >= 15 is 0 Å². The second kappa shape index (κ2) is 10.3. The summed E-state index contributed by atoms with van der Waals surface area (Å²) >= 11 is 7.15. The lowest BCUT2D eigenvalue weighted by Crippen LogP contribution is -2.21. The van der Waals surface area contributed by atoms with Gasteiger partial charge in [-0.2, -0.15) is 5.26 Å². The summed E-state index contributed by atoms with van der Waals surface area (Å²) in [6.45, 7) is 0.259. The Balaban J connectivity index is 1.29. The first-order valence-electron chi connectivity index (χ1n) is 11.0. The lowest BCUT2D eigenvalue weighted by molar-refractivity contribution is -0.139. The number of halogens is 1. The van der Waals surface area contributed by atoms with Crippen LogP contribution in [0.3, 0.4) is 0 Å². The van der Waals surface area contributed by atoms with Crippen LogP contribution < -0.4 is 14.8 Å². The molecule has 0 aliphatic carbocycles. The van der Waals surface area contributed by atoms with E-state index in [1.165, 1.54) is 23.5 Å². The van der Waals surface area contributed by atoms with Gasteiger partial charge in [0, 0.05) is 27.8 Å². The number of carboxylic acids is 1. The van der Waals surface area contributed by atoms with Crippen molar-refractivity contribution in [3.05, 3.63) is 82.4 Å². The summed E-state index contributed by atoms with van der Waals surface area (Å²) in [4.78, 5) is 24.2. The molecule has 9 nitrogen and oxygen atoms in total. The molecule has 37 heavy (non-hydrogen) atoms. The van der Waals surface area contributed by atoms with Crippen LogP contribution in [0, 0.1) is 11.3 Å². The van der Waals surface area contributed by atoms with Crippen molar-refractivity contribution in [3.8, 4) is 33.9 Å². The van der Waals surface area contributed by atoms with E-state index in [1.54, 1.807) is 36.4 Å². The van der Waals surface area contributed by atoms with Crippen LogP contribution in [0.25, 0.3) is 10.6 Å². The van der Waals surface area contributed by atoms with Gasteiger partial charge >= 0.3 is 5.97 Å². The highest BCUT2D eigenvalue weighted by atomic mass is 35.5. The van der Waals surface area contributed by atoms with Crippen molar-refractivity contribution < 1.29 is 24.2 Å². The lowest BCUT2D eigenvalue weighted by atomic mass is 9.91. The number of rotatable bonds is 6. The second-order valence-electron chi connectivity index (χ2n) is 8.03. The van der Waals surface area contributed by atoms with E-state index in [0.717, 1.165) is 5.56 Å². The Bertz CT molecular complexity index is 1530. The van der Waals surface area contributed by atoms with Gasteiger partial charge < -0.3 is 14.6 Å². The topological polar surface area (TPSA) is 134 Å². The molecule has 4 aromatic rings. The van der Waals surface area contributed by atoms with Crippen molar-refractivity contribution in [2.75, 3.05) is 11.9 Å². The van der Waals surface area contributed by atoms with Gasteiger partial charge in [0.25, 0.3) is 5.91 Å². The minimum atomic E-state index is -0.967. The molecule has 184 valence electrons. The number of benzene rings is 3. The Kier molecular flexibility index (Phi) is 6.72.